The van der Waals surface area contributed by atoms with Crippen LogP contribution in [-0.4, -0.2) is 25.8 Å². The van der Waals surface area contributed by atoms with Crippen LogP contribution in [0.2, 0.25) is 0 Å². The topological polar surface area (TPSA) is 37.4 Å². The van der Waals surface area contributed by atoms with Gasteiger partial charge in [0.1, 0.15) is 0 Å². The van der Waals surface area contributed by atoms with E-state index in [1.807, 2.05) is 19.1 Å². The van der Waals surface area contributed by atoms with Gasteiger partial charge in [-0.2, -0.15) is 4.31 Å². The zero-order valence-corrected chi connectivity index (χ0v) is 9.42. The van der Waals surface area contributed by atoms with Crippen molar-refractivity contribution in [3.63, 3.8) is 0 Å². The standard InChI is InChI=1S/C11H13NO2S/c1-9-3-5-11(6-4-9)15(13,14)12-7-10(2)8-12/h3-6H,2,7-8H2,1H3. The van der Waals surface area contributed by atoms with Gasteiger partial charge >= 0.3 is 0 Å². The van der Waals surface area contributed by atoms with Crippen LogP contribution in [0, 0.1) is 6.92 Å². The van der Waals surface area contributed by atoms with E-state index < -0.39 is 10.0 Å². The Morgan fingerprint density at radius 1 is 1.20 bits per heavy atom. The van der Waals surface area contributed by atoms with Crippen molar-refractivity contribution in [1.82, 2.24) is 4.31 Å². The molecule has 1 saturated heterocycles. The molecule has 1 heterocycles. The second kappa shape index (κ2) is 3.47. The second-order valence-corrected chi connectivity index (χ2v) is 5.77. The Hall–Kier alpha value is -1.13. The van der Waals surface area contributed by atoms with Gasteiger partial charge in [0, 0.05) is 13.1 Å². The van der Waals surface area contributed by atoms with Crippen molar-refractivity contribution >= 4 is 10.0 Å². The molecule has 1 aliphatic heterocycles. The summed E-state index contributed by atoms with van der Waals surface area (Å²) in [4.78, 5) is 0.362. The minimum atomic E-state index is -3.28. The lowest BCUT2D eigenvalue weighted by Gasteiger charge is -2.32. The molecule has 1 fully saturated rings. The summed E-state index contributed by atoms with van der Waals surface area (Å²) < 4.78 is 25.3. The van der Waals surface area contributed by atoms with Crippen LogP contribution in [0.1, 0.15) is 5.56 Å². The fraction of sp³-hybridized carbons (Fsp3) is 0.273. The largest absolute Gasteiger partial charge is 0.243 e. The van der Waals surface area contributed by atoms with E-state index in [-0.39, 0.29) is 0 Å². The molecule has 0 spiro atoms. The van der Waals surface area contributed by atoms with E-state index in [4.69, 9.17) is 0 Å². The van der Waals surface area contributed by atoms with Crippen LogP contribution in [0.25, 0.3) is 0 Å². The van der Waals surface area contributed by atoms with Gasteiger partial charge in [0.15, 0.2) is 0 Å². The highest BCUT2D eigenvalue weighted by Crippen LogP contribution is 2.23. The zero-order chi connectivity index (χ0) is 11.1. The zero-order valence-electron chi connectivity index (χ0n) is 8.60. The summed E-state index contributed by atoms with van der Waals surface area (Å²) in [7, 11) is -3.28. The van der Waals surface area contributed by atoms with Crippen LogP contribution < -0.4 is 0 Å². The first-order valence-corrected chi connectivity index (χ1v) is 6.17. The molecule has 80 valence electrons. The molecule has 0 atom stereocenters. The summed E-state index contributed by atoms with van der Waals surface area (Å²) in [6, 6.07) is 6.90. The van der Waals surface area contributed by atoms with E-state index in [0.29, 0.717) is 18.0 Å². The summed E-state index contributed by atoms with van der Waals surface area (Å²) >= 11 is 0. The highest BCUT2D eigenvalue weighted by atomic mass is 32.2. The quantitative estimate of drug-likeness (QED) is 0.713. The minimum Gasteiger partial charge on any atom is -0.207 e. The van der Waals surface area contributed by atoms with Gasteiger partial charge in [0.05, 0.1) is 4.90 Å². The maximum atomic E-state index is 12.0. The maximum absolute atomic E-state index is 12.0. The number of sulfonamides is 1. The van der Waals surface area contributed by atoms with Crippen molar-refractivity contribution in [2.75, 3.05) is 13.1 Å². The van der Waals surface area contributed by atoms with Crippen molar-refractivity contribution in [2.45, 2.75) is 11.8 Å². The summed E-state index contributed by atoms with van der Waals surface area (Å²) in [6.07, 6.45) is 0. The van der Waals surface area contributed by atoms with E-state index in [2.05, 4.69) is 6.58 Å². The third-order valence-corrected chi connectivity index (χ3v) is 4.26. The third-order valence-electron chi connectivity index (χ3n) is 2.46. The van der Waals surface area contributed by atoms with E-state index in [1.54, 1.807) is 12.1 Å². The van der Waals surface area contributed by atoms with Gasteiger partial charge in [-0.15, -0.1) is 0 Å². The molecule has 0 N–H and O–H groups in total. The van der Waals surface area contributed by atoms with Crippen LogP contribution in [0.5, 0.6) is 0 Å². The van der Waals surface area contributed by atoms with Gasteiger partial charge in [-0.25, -0.2) is 8.42 Å². The number of hydrogen-bond donors (Lipinski definition) is 0. The smallest absolute Gasteiger partial charge is 0.207 e. The Bertz CT molecular complexity index is 480. The molecule has 0 unspecified atom stereocenters. The molecule has 0 bridgehead atoms. The number of hydrogen-bond acceptors (Lipinski definition) is 2. The SMILES string of the molecule is C=C1CN(S(=O)(=O)c2ccc(C)cc2)C1. The van der Waals surface area contributed by atoms with E-state index in [0.717, 1.165) is 11.1 Å². The summed E-state index contributed by atoms with van der Waals surface area (Å²) in [5.74, 6) is 0. The lowest BCUT2D eigenvalue weighted by Crippen LogP contribution is -2.43. The fourth-order valence-electron chi connectivity index (χ4n) is 1.48. The van der Waals surface area contributed by atoms with Crippen LogP contribution in [0.15, 0.2) is 41.3 Å². The highest BCUT2D eigenvalue weighted by molar-refractivity contribution is 7.89. The number of aryl methyl sites for hydroxylation is 1. The van der Waals surface area contributed by atoms with Gasteiger partial charge < -0.3 is 0 Å². The molecule has 1 aromatic carbocycles. The first-order valence-electron chi connectivity index (χ1n) is 4.73. The van der Waals surface area contributed by atoms with Gasteiger partial charge in [-0.1, -0.05) is 24.3 Å². The predicted molar refractivity (Wildman–Crippen MR) is 59.1 cm³/mol. The Labute approximate surface area is 90.1 Å². The Morgan fingerprint density at radius 2 is 1.73 bits per heavy atom. The van der Waals surface area contributed by atoms with Crippen LogP contribution >= 0.6 is 0 Å². The van der Waals surface area contributed by atoms with Gasteiger partial charge in [-0.3, -0.25) is 0 Å². The Morgan fingerprint density at radius 3 is 2.20 bits per heavy atom. The lowest BCUT2D eigenvalue weighted by molar-refractivity contribution is 0.393. The van der Waals surface area contributed by atoms with Crippen molar-refractivity contribution in [2.24, 2.45) is 0 Å². The number of rotatable bonds is 2. The van der Waals surface area contributed by atoms with Crippen molar-refractivity contribution in [1.29, 1.82) is 0 Å². The first kappa shape index (κ1) is 10.4. The van der Waals surface area contributed by atoms with Crippen LogP contribution in [0.4, 0.5) is 0 Å². The number of benzene rings is 1. The normalized spacial score (nSPS) is 17.5. The van der Waals surface area contributed by atoms with Crippen LogP contribution in [0.3, 0.4) is 0 Å². The van der Waals surface area contributed by atoms with E-state index in [9.17, 15) is 8.42 Å². The third kappa shape index (κ3) is 1.82. The van der Waals surface area contributed by atoms with E-state index in [1.165, 1.54) is 4.31 Å². The van der Waals surface area contributed by atoms with E-state index >= 15 is 0 Å². The average Bonchev–Trinajstić information content (AvgIpc) is 2.13. The van der Waals surface area contributed by atoms with Crippen molar-refractivity contribution < 1.29 is 8.42 Å². The number of nitrogens with zero attached hydrogens (tertiary/aromatic N) is 1. The lowest BCUT2D eigenvalue weighted by atomic mass is 10.2. The molecular formula is C11H13NO2S. The molecule has 0 amide bonds. The predicted octanol–water partition coefficient (Wildman–Crippen LogP) is 1.56. The minimum absolute atomic E-state index is 0.362. The highest BCUT2D eigenvalue weighted by Gasteiger charge is 2.31. The Kier molecular flexibility index (Phi) is 2.40. The Balaban J connectivity index is 2.30. The van der Waals surface area contributed by atoms with Gasteiger partial charge in [0.25, 0.3) is 0 Å². The molecule has 4 heteroatoms. The molecule has 3 nitrogen and oxygen atoms in total. The molecule has 15 heavy (non-hydrogen) atoms. The summed E-state index contributed by atoms with van der Waals surface area (Å²) in [6.45, 7) is 6.57. The summed E-state index contributed by atoms with van der Waals surface area (Å²) in [5.41, 5.74) is 2.02. The molecule has 0 saturated carbocycles. The molecule has 1 aliphatic rings. The van der Waals surface area contributed by atoms with Crippen LogP contribution in [-0.2, 0) is 10.0 Å². The summed E-state index contributed by atoms with van der Waals surface area (Å²) in [5, 5.41) is 0. The molecule has 0 aromatic heterocycles. The molecular weight excluding hydrogens is 210 g/mol. The maximum Gasteiger partial charge on any atom is 0.243 e. The molecule has 1 aromatic rings. The van der Waals surface area contributed by atoms with Gasteiger partial charge in [0.2, 0.25) is 10.0 Å². The van der Waals surface area contributed by atoms with Crippen molar-refractivity contribution in [3.05, 3.63) is 42.0 Å². The van der Waals surface area contributed by atoms with Gasteiger partial charge in [-0.05, 0) is 24.6 Å². The average molecular weight is 223 g/mol. The molecule has 2 rings (SSSR count). The first-order chi connectivity index (χ1) is 7.00. The monoisotopic (exact) mass is 223 g/mol. The molecule has 0 radical (unpaired) electrons. The second-order valence-electron chi connectivity index (χ2n) is 3.84. The fourth-order valence-corrected chi connectivity index (χ4v) is 2.96. The van der Waals surface area contributed by atoms with Crippen molar-refractivity contribution in [3.8, 4) is 0 Å². The molecule has 0 aliphatic carbocycles.